The quantitative estimate of drug-likeness (QED) is 0.173. The van der Waals surface area contributed by atoms with Gasteiger partial charge in [0.15, 0.2) is 11.5 Å². The number of carbonyl (C=O) groups is 2. The molecule has 0 atom stereocenters. The molecule has 1 N–H and O–H groups in total. The highest BCUT2D eigenvalue weighted by Crippen LogP contribution is 2.35. The van der Waals surface area contributed by atoms with E-state index in [1.165, 1.54) is 4.90 Å². The number of carbonyl (C=O) groups excluding carboxylic acids is 2. The van der Waals surface area contributed by atoms with Crippen molar-refractivity contribution in [1.82, 2.24) is 10.2 Å². The van der Waals surface area contributed by atoms with E-state index in [1.54, 1.807) is 12.2 Å². The van der Waals surface area contributed by atoms with Gasteiger partial charge >= 0.3 is 6.03 Å². The van der Waals surface area contributed by atoms with Crippen molar-refractivity contribution in [3.05, 3.63) is 111 Å². The summed E-state index contributed by atoms with van der Waals surface area (Å²) in [6.45, 7) is 8.80. The van der Waals surface area contributed by atoms with Gasteiger partial charge in [0.05, 0.1) is 13.2 Å². The summed E-state index contributed by atoms with van der Waals surface area (Å²) in [4.78, 5) is 26.9. The molecule has 3 amide bonds. The Kier molecular flexibility index (Phi) is 8.46. The lowest BCUT2D eigenvalue weighted by molar-refractivity contribution is -0.123. The number of hydrogen-bond donors (Lipinski definition) is 1. The number of nitrogens with zero attached hydrogens (tertiary/aromatic N) is 1. The Morgan fingerprint density at radius 2 is 1.70 bits per heavy atom. The molecule has 1 aliphatic rings. The first-order valence-corrected chi connectivity index (χ1v) is 12.8. The molecule has 6 nitrogen and oxygen atoms in total. The Morgan fingerprint density at radius 1 is 1.00 bits per heavy atom. The summed E-state index contributed by atoms with van der Waals surface area (Å²) in [5.41, 5.74) is 4.83. The number of amides is 3. The number of nitrogens with one attached hydrogen (secondary N) is 1. The second-order valence-corrected chi connectivity index (χ2v) is 9.63. The number of hydrogen-bond acceptors (Lipinski definition) is 4. The summed E-state index contributed by atoms with van der Waals surface area (Å²) in [7, 11) is 0. The molecular weight excluding hydrogens is 532 g/mol. The van der Waals surface area contributed by atoms with Crippen LogP contribution in [-0.2, 0) is 24.4 Å². The number of aryl methyl sites for hydroxylation is 1. The molecule has 0 unspecified atom stereocenters. The van der Waals surface area contributed by atoms with E-state index in [0.717, 1.165) is 32.3 Å². The van der Waals surface area contributed by atoms with E-state index in [1.807, 2.05) is 74.5 Å². The van der Waals surface area contributed by atoms with Crippen molar-refractivity contribution in [2.45, 2.75) is 33.4 Å². The van der Waals surface area contributed by atoms with Crippen LogP contribution in [0.15, 0.2) is 83.5 Å². The Bertz CT molecular complexity index is 1330. The fraction of sp³-hybridized carbons (Fsp3) is 0.200. The third kappa shape index (κ3) is 6.49. The van der Waals surface area contributed by atoms with Crippen molar-refractivity contribution in [1.29, 1.82) is 0 Å². The van der Waals surface area contributed by atoms with E-state index in [2.05, 4.69) is 27.8 Å². The highest BCUT2D eigenvalue weighted by molar-refractivity contribution is 9.10. The number of allylic oxidation sites excluding steroid dienone is 1. The highest BCUT2D eigenvalue weighted by Gasteiger charge is 2.33. The summed E-state index contributed by atoms with van der Waals surface area (Å²) >= 11 is 3.45. The second kappa shape index (κ2) is 11.9. The lowest BCUT2D eigenvalue weighted by atomic mass is 10.0. The SMILES string of the molecule is C=CCc1cc(/C=C2/NC(=O)N(Cc3ccc(C)cc3)C2=O)cc(OCC)c1OCc1ccc(Br)cc1. The van der Waals surface area contributed by atoms with Crippen molar-refractivity contribution in [2.75, 3.05) is 6.61 Å². The molecule has 0 saturated carbocycles. The molecule has 1 saturated heterocycles. The molecule has 3 aromatic rings. The van der Waals surface area contributed by atoms with Crippen LogP contribution >= 0.6 is 15.9 Å². The lowest BCUT2D eigenvalue weighted by Crippen LogP contribution is -2.30. The van der Waals surface area contributed by atoms with Gasteiger partial charge in [-0.25, -0.2) is 4.79 Å². The van der Waals surface area contributed by atoms with Crippen molar-refractivity contribution in [3.8, 4) is 11.5 Å². The van der Waals surface area contributed by atoms with Gasteiger partial charge < -0.3 is 14.8 Å². The van der Waals surface area contributed by atoms with Gasteiger partial charge in [-0.05, 0) is 67.3 Å². The van der Waals surface area contributed by atoms with Crippen LogP contribution in [0.4, 0.5) is 4.79 Å². The average Bonchev–Trinajstić information content (AvgIpc) is 3.13. The molecule has 190 valence electrons. The van der Waals surface area contributed by atoms with E-state index in [9.17, 15) is 9.59 Å². The third-order valence-electron chi connectivity index (χ3n) is 5.85. The van der Waals surface area contributed by atoms with Crippen molar-refractivity contribution >= 4 is 33.9 Å². The van der Waals surface area contributed by atoms with E-state index in [-0.39, 0.29) is 18.1 Å². The van der Waals surface area contributed by atoms with E-state index in [4.69, 9.17) is 9.47 Å². The number of imide groups is 1. The lowest BCUT2D eigenvalue weighted by Gasteiger charge is -2.17. The molecule has 3 aromatic carbocycles. The first kappa shape index (κ1) is 26.2. The predicted molar refractivity (Wildman–Crippen MR) is 148 cm³/mol. The van der Waals surface area contributed by atoms with Crippen LogP contribution in [0.5, 0.6) is 11.5 Å². The van der Waals surface area contributed by atoms with Gasteiger partial charge in [-0.2, -0.15) is 0 Å². The van der Waals surface area contributed by atoms with Crippen LogP contribution in [0.25, 0.3) is 6.08 Å². The van der Waals surface area contributed by atoms with Gasteiger partial charge in [0.25, 0.3) is 5.91 Å². The smallest absolute Gasteiger partial charge is 0.329 e. The monoisotopic (exact) mass is 560 g/mol. The van der Waals surface area contributed by atoms with Gasteiger partial charge in [0.2, 0.25) is 0 Å². The molecule has 0 aliphatic carbocycles. The second-order valence-electron chi connectivity index (χ2n) is 8.71. The zero-order valence-electron chi connectivity index (χ0n) is 20.9. The molecule has 1 fully saturated rings. The largest absolute Gasteiger partial charge is 0.490 e. The summed E-state index contributed by atoms with van der Waals surface area (Å²) < 4.78 is 13.1. The third-order valence-corrected chi connectivity index (χ3v) is 6.38. The molecule has 0 spiro atoms. The predicted octanol–water partition coefficient (Wildman–Crippen LogP) is 6.56. The molecule has 1 aliphatic heterocycles. The van der Waals surface area contributed by atoms with Gasteiger partial charge in [-0.15, -0.1) is 6.58 Å². The zero-order valence-corrected chi connectivity index (χ0v) is 22.5. The zero-order chi connectivity index (χ0) is 26.4. The summed E-state index contributed by atoms with van der Waals surface area (Å²) in [5, 5.41) is 2.71. The Hall–Kier alpha value is -3.84. The van der Waals surface area contributed by atoms with Crippen LogP contribution in [-0.4, -0.2) is 23.4 Å². The molecule has 37 heavy (non-hydrogen) atoms. The van der Waals surface area contributed by atoms with Gasteiger partial charge in [0, 0.05) is 10.0 Å². The molecular formula is C30H29BrN2O4. The Labute approximate surface area is 225 Å². The highest BCUT2D eigenvalue weighted by atomic mass is 79.9. The Morgan fingerprint density at radius 3 is 2.38 bits per heavy atom. The number of halogens is 1. The fourth-order valence-corrected chi connectivity index (χ4v) is 4.26. The van der Waals surface area contributed by atoms with E-state index in [0.29, 0.717) is 31.1 Å². The minimum Gasteiger partial charge on any atom is -0.490 e. The van der Waals surface area contributed by atoms with Crippen LogP contribution in [0.1, 0.15) is 34.7 Å². The minimum absolute atomic E-state index is 0.205. The van der Waals surface area contributed by atoms with Crippen molar-refractivity contribution < 1.29 is 19.1 Å². The maximum Gasteiger partial charge on any atom is 0.329 e. The number of ether oxygens (including phenoxy) is 2. The number of benzene rings is 3. The minimum atomic E-state index is -0.442. The maximum atomic E-state index is 13.1. The topological polar surface area (TPSA) is 67.9 Å². The molecule has 7 heteroatoms. The van der Waals surface area contributed by atoms with Crippen LogP contribution < -0.4 is 14.8 Å². The first-order valence-electron chi connectivity index (χ1n) is 12.1. The van der Waals surface area contributed by atoms with Crippen LogP contribution in [0, 0.1) is 6.92 Å². The van der Waals surface area contributed by atoms with Crippen LogP contribution in [0.2, 0.25) is 0 Å². The molecule has 4 rings (SSSR count). The van der Waals surface area contributed by atoms with E-state index >= 15 is 0 Å². The van der Waals surface area contributed by atoms with Gasteiger partial charge in [-0.1, -0.05) is 64.0 Å². The summed E-state index contributed by atoms with van der Waals surface area (Å²) in [6.07, 6.45) is 4.01. The fourth-order valence-electron chi connectivity index (χ4n) is 3.99. The maximum absolute atomic E-state index is 13.1. The summed E-state index contributed by atoms with van der Waals surface area (Å²) in [5.74, 6) is 0.832. The first-order chi connectivity index (χ1) is 17.9. The summed E-state index contributed by atoms with van der Waals surface area (Å²) in [6, 6.07) is 19.0. The van der Waals surface area contributed by atoms with Gasteiger partial charge in [-0.3, -0.25) is 9.69 Å². The van der Waals surface area contributed by atoms with Crippen molar-refractivity contribution in [3.63, 3.8) is 0 Å². The van der Waals surface area contributed by atoms with Gasteiger partial charge in [0.1, 0.15) is 12.3 Å². The van der Waals surface area contributed by atoms with Crippen molar-refractivity contribution in [2.24, 2.45) is 0 Å². The average molecular weight is 561 g/mol. The number of rotatable bonds is 10. The molecule has 0 radical (unpaired) electrons. The standard InChI is InChI=1S/C30H29BrN2O4/c1-4-6-24-15-23(17-27(36-5-2)28(24)37-19-22-11-13-25(31)14-12-22)16-26-29(34)33(30(35)32-26)18-21-9-7-20(3)8-10-21/h4,7-17H,1,5-6,18-19H2,2-3H3,(H,32,35)/b26-16+. The normalized spacial score (nSPS) is 14.1. The Balaban J connectivity index is 1.60. The molecule has 0 aromatic heterocycles. The van der Waals surface area contributed by atoms with Crippen LogP contribution in [0.3, 0.4) is 0 Å². The number of urea groups is 1. The van der Waals surface area contributed by atoms with E-state index < -0.39 is 6.03 Å². The molecule has 1 heterocycles. The molecule has 0 bridgehead atoms.